The fourth-order valence-electron chi connectivity index (χ4n) is 1.64. The fraction of sp³-hybridized carbons (Fsp3) is 0.133. The van der Waals surface area contributed by atoms with Gasteiger partial charge in [-0.2, -0.15) is 4.39 Å². The normalized spacial score (nSPS) is 10.3. The average molecular weight is 296 g/mol. The Balaban J connectivity index is 2.41. The lowest BCUT2D eigenvalue weighted by molar-refractivity contribution is 0.0523. The van der Waals surface area contributed by atoms with Crippen molar-refractivity contribution in [2.45, 2.75) is 6.92 Å². The Hall–Kier alpha value is -2.50. The van der Waals surface area contributed by atoms with Gasteiger partial charge in [-0.15, -0.1) is 0 Å². The number of carbonyl (C=O) groups excluding carboxylic acids is 1. The summed E-state index contributed by atoms with van der Waals surface area (Å²) in [5, 5.41) is 0. The second kappa shape index (κ2) is 6.30. The van der Waals surface area contributed by atoms with Crippen molar-refractivity contribution >= 4 is 5.97 Å². The van der Waals surface area contributed by atoms with E-state index < -0.39 is 29.2 Å². The van der Waals surface area contributed by atoms with Gasteiger partial charge in [0, 0.05) is 6.07 Å². The van der Waals surface area contributed by atoms with Crippen molar-refractivity contribution in [1.29, 1.82) is 0 Å². The van der Waals surface area contributed by atoms with E-state index in [1.54, 1.807) is 6.92 Å². The first-order valence-corrected chi connectivity index (χ1v) is 6.11. The molecule has 2 aromatic rings. The minimum Gasteiger partial charge on any atom is -0.462 e. The summed E-state index contributed by atoms with van der Waals surface area (Å²) in [4.78, 5) is 11.7. The van der Waals surface area contributed by atoms with Gasteiger partial charge in [-0.3, -0.25) is 0 Å². The van der Waals surface area contributed by atoms with E-state index in [9.17, 15) is 18.0 Å². The van der Waals surface area contributed by atoms with Crippen LogP contribution < -0.4 is 4.74 Å². The minimum absolute atomic E-state index is 0.0816. The molecule has 0 atom stereocenters. The second-order valence-corrected chi connectivity index (χ2v) is 4.01. The summed E-state index contributed by atoms with van der Waals surface area (Å²) >= 11 is 0. The zero-order chi connectivity index (χ0) is 15.4. The third-order valence-electron chi connectivity index (χ3n) is 2.58. The Kier molecular flexibility index (Phi) is 4.47. The van der Waals surface area contributed by atoms with Crippen LogP contribution in [0.2, 0.25) is 0 Å². The molecule has 0 radical (unpaired) electrons. The SMILES string of the molecule is CCOC(=O)c1ccc(F)cc1Oc1cccc(F)c1F. The van der Waals surface area contributed by atoms with Crippen LogP contribution in [0.3, 0.4) is 0 Å². The van der Waals surface area contributed by atoms with Crippen LogP contribution in [-0.4, -0.2) is 12.6 Å². The third kappa shape index (κ3) is 3.34. The highest BCUT2D eigenvalue weighted by molar-refractivity contribution is 5.92. The van der Waals surface area contributed by atoms with Crippen LogP contribution in [0.4, 0.5) is 13.2 Å². The zero-order valence-electron chi connectivity index (χ0n) is 11.0. The van der Waals surface area contributed by atoms with Crippen LogP contribution >= 0.6 is 0 Å². The number of halogens is 3. The first-order valence-electron chi connectivity index (χ1n) is 6.11. The molecule has 0 saturated heterocycles. The Bertz CT molecular complexity index is 671. The maximum Gasteiger partial charge on any atom is 0.341 e. The van der Waals surface area contributed by atoms with Gasteiger partial charge in [0.1, 0.15) is 17.1 Å². The quantitative estimate of drug-likeness (QED) is 0.798. The fourth-order valence-corrected chi connectivity index (χ4v) is 1.64. The molecule has 3 nitrogen and oxygen atoms in total. The van der Waals surface area contributed by atoms with E-state index in [1.165, 1.54) is 6.07 Å². The largest absolute Gasteiger partial charge is 0.462 e. The van der Waals surface area contributed by atoms with Crippen LogP contribution in [0.15, 0.2) is 36.4 Å². The molecular formula is C15H11F3O3. The number of carbonyl (C=O) groups is 1. The Morgan fingerprint density at radius 2 is 1.86 bits per heavy atom. The molecule has 0 heterocycles. The average Bonchev–Trinajstić information content (AvgIpc) is 2.44. The summed E-state index contributed by atoms with van der Waals surface area (Å²) in [6.07, 6.45) is 0. The molecular weight excluding hydrogens is 285 g/mol. The topological polar surface area (TPSA) is 35.5 Å². The third-order valence-corrected chi connectivity index (χ3v) is 2.58. The number of esters is 1. The number of ether oxygens (including phenoxy) is 2. The molecule has 0 aliphatic rings. The highest BCUT2D eigenvalue weighted by Gasteiger charge is 2.17. The van der Waals surface area contributed by atoms with Crippen LogP contribution in [0.25, 0.3) is 0 Å². The number of hydrogen-bond donors (Lipinski definition) is 0. The number of benzene rings is 2. The van der Waals surface area contributed by atoms with E-state index in [0.717, 1.165) is 30.3 Å². The van der Waals surface area contributed by atoms with Crippen LogP contribution in [-0.2, 0) is 4.74 Å². The Morgan fingerprint density at radius 3 is 2.57 bits per heavy atom. The van der Waals surface area contributed by atoms with E-state index >= 15 is 0 Å². The molecule has 0 aliphatic carbocycles. The van der Waals surface area contributed by atoms with Gasteiger partial charge in [0.25, 0.3) is 0 Å². The van der Waals surface area contributed by atoms with Crippen molar-refractivity contribution in [2.24, 2.45) is 0 Å². The molecule has 0 bridgehead atoms. The molecule has 6 heteroatoms. The van der Waals surface area contributed by atoms with Crippen LogP contribution in [0, 0.1) is 17.5 Å². The predicted molar refractivity (Wildman–Crippen MR) is 68.8 cm³/mol. The van der Waals surface area contributed by atoms with E-state index in [2.05, 4.69) is 0 Å². The summed E-state index contributed by atoms with van der Waals surface area (Å²) in [5.41, 5.74) is -0.0816. The van der Waals surface area contributed by atoms with Gasteiger partial charge < -0.3 is 9.47 Å². The highest BCUT2D eigenvalue weighted by Crippen LogP contribution is 2.29. The van der Waals surface area contributed by atoms with E-state index in [1.807, 2.05) is 0 Å². The van der Waals surface area contributed by atoms with Gasteiger partial charge >= 0.3 is 5.97 Å². The Labute approximate surface area is 118 Å². The molecule has 0 unspecified atom stereocenters. The summed E-state index contributed by atoms with van der Waals surface area (Å²) < 4.78 is 49.9. The number of hydrogen-bond acceptors (Lipinski definition) is 3. The van der Waals surface area contributed by atoms with Gasteiger partial charge in [-0.05, 0) is 31.2 Å². The molecule has 0 N–H and O–H groups in total. The second-order valence-electron chi connectivity index (χ2n) is 4.01. The van der Waals surface area contributed by atoms with Crippen molar-refractivity contribution in [1.82, 2.24) is 0 Å². The Morgan fingerprint density at radius 1 is 1.10 bits per heavy atom. The van der Waals surface area contributed by atoms with E-state index in [-0.39, 0.29) is 17.9 Å². The maximum absolute atomic E-state index is 13.6. The smallest absolute Gasteiger partial charge is 0.341 e. The first kappa shape index (κ1) is 14.9. The molecule has 0 fully saturated rings. The van der Waals surface area contributed by atoms with Crippen LogP contribution in [0.1, 0.15) is 17.3 Å². The van der Waals surface area contributed by atoms with Crippen molar-refractivity contribution in [3.05, 3.63) is 59.4 Å². The lowest BCUT2D eigenvalue weighted by Crippen LogP contribution is -2.07. The van der Waals surface area contributed by atoms with Crippen LogP contribution in [0.5, 0.6) is 11.5 Å². The molecule has 2 rings (SSSR count). The van der Waals surface area contributed by atoms with Crippen molar-refractivity contribution < 1.29 is 27.4 Å². The molecule has 2 aromatic carbocycles. The molecule has 0 amide bonds. The van der Waals surface area contributed by atoms with Crippen molar-refractivity contribution in [2.75, 3.05) is 6.61 Å². The first-order chi connectivity index (χ1) is 10.0. The van der Waals surface area contributed by atoms with Crippen molar-refractivity contribution in [3.63, 3.8) is 0 Å². The van der Waals surface area contributed by atoms with Gasteiger partial charge in [0.05, 0.1) is 6.61 Å². The molecule has 0 aliphatic heterocycles. The number of rotatable bonds is 4. The summed E-state index contributed by atoms with van der Waals surface area (Å²) in [6.45, 7) is 1.72. The molecule has 0 saturated carbocycles. The van der Waals surface area contributed by atoms with E-state index in [4.69, 9.17) is 9.47 Å². The van der Waals surface area contributed by atoms with E-state index in [0.29, 0.717) is 0 Å². The van der Waals surface area contributed by atoms with Crippen molar-refractivity contribution in [3.8, 4) is 11.5 Å². The zero-order valence-corrected chi connectivity index (χ0v) is 11.0. The highest BCUT2D eigenvalue weighted by atomic mass is 19.2. The van der Waals surface area contributed by atoms with Gasteiger partial charge in [0.15, 0.2) is 11.6 Å². The summed E-state index contributed by atoms with van der Waals surface area (Å²) in [6, 6.07) is 6.41. The molecule has 0 spiro atoms. The minimum atomic E-state index is -1.23. The molecule has 21 heavy (non-hydrogen) atoms. The summed E-state index contributed by atoms with van der Waals surface area (Å²) in [7, 11) is 0. The van der Waals surface area contributed by atoms with Gasteiger partial charge in [-0.1, -0.05) is 6.07 Å². The standard InChI is InChI=1S/C15H11F3O3/c1-2-20-15(19)10-7-6-9(16)8-13(10)21-12-5-3-4-11(17)14(12)18/h3-8H,2H2,1H3. The lowest BCUT2D eigenvalue weighted by atomic mass is 10.2. The maximum atomic E-state index is 13.6. The molecule has 110 valence electrons. The lowest BCUT2D eigenvalue weighted by Gasteiger charge is -2.11. The molecule has 0 aromatic heterocycles. The van der Waals surface area contributed by atoms with Gasteiger partial charge in [0.2, 0.25) is 5.82 Å². The summed E-state index contributed by atoms with van der Waals surface area (Å²) in [5.74, 6) is -4.47. The monoisotopic (exact) mass is 296 g/mol. The predicted octanol–water partition coefficient (Wildman–Crippen LogP) is 4.07. The van der Waals surface area contributed by atoms with Gasteiger partial charge in [-0.25, -0.2) is 13.6 Å².